The summed E-state index contributed by atoms with van der Waals surface area (Å²) < 4.78 is 2.17. The number of carbonyl (C=O) groups excluding carboxylic acids is 1. The summed E-state index contributed by atoms with van der Waals surface area (Å²) in [6.45, 7) is 3.50. The van der Waals surface area contributed by atoms with E-state index in [2.05, 4.69) is 27.9 Å². The van der Waals surface area contributed by atoms with Gasteiger partial charge in [0.1, 0.15) is 5.82 Å². The topological polar surface area (TPSA) is 46.9 Å². The van der Waals surface area contributed by atoms with E-state index in [0.29, 0.717) is 6.54 Å². The molecule has 0 atom stereocenters. The van der Waals surface area contributed by atoms with Gasteiger partial charge in [-0.2, -0.15) is 0 Å². The molecular formula is C16H21N3O. The van der Waals surface area contributed by atoms with E-state index in [0.717, 1.165) is 36.2 Å². The summed E-state index contributed by atoms with van der Waals surface area (Å²) in [7, 11) is 0. The molecular weight excluding hydrogens is 250 g/mol. The highest BCUT2D eigenvalue weighted by atomic mass is 16.1. The third-order valence-electron chi connectivity index (χ3n) is 4.20. The lowest BCUT2D eigenvalue weighted by Gasteiger charge is -2.11. The van der Waals surface area contributed by atoms with E-state index in [-0.39, 0.29) is 11.8 Å². The molecule has 1 aromatic carbocycles. The zero-order valence-electron chi connectivity index (χ0n) is 11.9. The normalized spacial score (nSPS) is 15.8. The highest BCUT2D eigenvalue weighted by molar-refractivity contribution is 5.79. The second-order valence-corrected chi connectivity index (χ2v) is 5.46. The van der Waals surface area contributed by atoms with E-state index in [9.17, 15) is 4.79 Å². The van der Waals surface area contributed by atoms with E-state index in [1.165, 1.54) is 12.8 Å². The number of para-hydroxylation sites is 2. The number of aromatic nitrogens is 2. The van der Waals surface area contributed by atoms with Gasteiger partial charge < -0.3 is 9.88 Å². The average molecular weight is 271 g/mol. The van der Waals surface area contributed by atoms with Crippen molar-refractivity contribution in [3.05, 3.63) is 30.1 Å². The summed E-state index contributed by atoms with van der Waals surface area (Å²) >= 11 is 0. The van der Waals surface area contributed by atoms with Gasteiger partial charge in [-0.15, -0.1) is 0 Å². The Morgan fingerprint density at radius 2 is 2.10 bits per heavy atom. The van der Waals surface area contributed by atoms with E-state index >= 15 is 0 Å². The fraction of sp³-hybridized carbons (Fsp3) is 0.500. The van der Waals surface area contributed by atoms with Crippen molar-refractivity contribution in [3.8, 4) is 0 Å². The van der Waals surface area contributed by atoms with Gasteiger partial charge in [0.05, 0.1) is 17.6 Å². The molecule has 1 aliphatic rings. The largest absolute Gasteiger partial charge is 0.349 e. The van der Waals surface area contributed by atoms with Crippen LogP contribution in [0.3, 0.4) is 0 Å². The molecule has 0 radical (unpaired) electrons. The van der Waals surface area contributed by atoms with Crippen LogP contribution in [0.1, 0.15) is 38.4 Å². The van der Waals surface area contributed by atoms with Gasteiger partial charge in [0.25, 0.3) is 0 Å². The molecule has 1 heterocycles. The number of hydrogen-bond acceptors (Lipinski definition) is 2. The van der Waals surface area contributed by atoms with Gasteiger partial charge in [-0.3, -0.25) is 4.79 Å². The Hall–Kier alpha value is -1.84. The molecule has 0 unspecified atom stereocenters. The second-order valence-electron chi connectivity index (χ2n) is 5.46. The highest BCUT2D eigenvalue weighted by Crippen LogP contribution is 2.24. The van der Waals surface area contributed by atoms with Gasteiger partial charge in [-0.05, 0) is 31.9 Å². The predicted octanol–water partition coefficient (Wildman–Crippen LogP) is 2.86. The molecule has 1 saturated carbocycles. The molecule has 0 spiro atoms. The summed E-state index contributed by atoms with van der Waals surface area (Å²) in [5.41, 5.74) is 2.14. The predicted molar refractivity (Wildman–Crippen MR) is 79.2 cm³/mol. The standard InChI is InChI=1S/C16H21N3O/c1-2-19-14-10-6-5-9-13(14)18-15(19)11-17-16(20)12-7-3-4-8-12/h5-6,9-10,12H,2-4,7-8,11H2,1H3,(H,17,20). The van der Waals surface area contributed by atoms with Crippen molar-refractivity contribution < 1.29 is 4.79 Å². The number of nitrogens with zero attached hydrogens (tertiary/aromatic N) is 2. The van der Waals surface area contributed by atoms with Crippen molar-refractivity contribution in [1.82, 2.24) is 14.9 Å². The van der Waals surface area contributed by atoms with Crippen LogP contribution in [0.5, 0.6) is 0 Å². The van der Waals surface area contributed by atoms with Crippen molar-refractivity contribution in [1.29, 1.82) is 0 Å². The maximum absolute atomic E-state index is 12.1. The molecule has 20 heavy (non-hydrogen) atoms. The van der Waals surface area contributed by atoms with Crippen molar-refractivity contribution >= 4 is 16.9 Å². The Morgan fingerprint density at radius 3 is 2.85 bits per heavy atom. The Balaban J connectivity index is 1.75. The number of fused-ring (bicyclic) bond motifs is 1. The van der Waals surface area contributed by atoms with E-state index in [1.54, 1.807) is 0 Å². The van der Waals surface area contributed by atoms with Crippen molar-refractivity contribution in [2.45, 2.75) is 45.7 Å². The average Bonchev–Trinajstić information content (AvgIpc) is 3.11. The molecule has 106 valence electrons. The highest BCUT2D eigenvalue weighted by Gasteiger charge is 2.22. The minimum absolute atomic E-state index is 0.192. The van der Waals surface area contributed by atoms with Gasteiger partial charge in [-0.1, -0.05) is 25.0 Å². The first kappa shape index (κ1) is 13.2. The Labute approximate surface area is 119 Å². The molecule has 0 bridgehead atoms. The van der Waals surface area contributed by atoms with Crippen LogP contribution in [-0.4, -0.2) is 15.5 Å². The Kier molecular flexibility index (Phi) is 3.72. The van der Waals surface area contributed by atoms with Crippen molar-refractivity contribution in [3.63, 3.8) is 0 Å². The smallest absolute Gasteiger partial charge is 0.223 e. The molecule has 1 fully saturated rings. The summed E-state index contributed by atoms with van der Waals surface area (Å²) in [6.07, 6.45) is 4.45. The molecule has 3 rings (SSSR count). The molecule has 1 aliphatic carbocycles. The fourth-order valence-corrected chi connectivity index (χ4v) is 3.11. The van der Waals surface area contributed by atoms with Crippen LogP contribution in [0, 0.1) is 5.92 Å². The number of rotatable bonds is 4. The van der Waals surface area contributed by atoms with Crippen LogP contribution in [0.2, 0.25) is 0 Å². The van der Waals surface area contributed by atoms with E-state index < -0.39 is 0 Å². The van der Waals surface area contributed by atoms with Gasteiger partial charge in [0.2, 0.25) is 5.91 Å². The summed E-state index contributed by atoms with van der Waals surface area (Å²) in [6, 6.07) is 8.12. The first-order valence-corrected chi connectivity index (χ1v) is 7.51. The van der Waals surface area contributed by atoms with Crippen LogP contribution in [0.15, 0.2) is 24.3 Å². The van der Waals surface area contributed by atoms with Crippen molar-refractivity contribution in [2.24, 2.45) is 5.92 Å². The third-order valence-corrected chi connectivity index (χ3v) is 4.20. The van der Waals surface area contributed by atoms with Gasteiger partial charge >= 0.3 is 0 Å². The fourth-order valence-electron chi connectivity index (χ4n) is 3.11. The minimum Gasteiger partial charge on any atom is -0.349 e. The maximum atomic E-state index is 12.1. The first-order valence-electron chi connectivity index (χ1n) is 7.51. The number of carbonyl (C=O) groups is 1. The molecule has 1 N–H and O–H groups in total. The molecule has 1 aromatic heterocycles. The number of amides is 1. The van der Waals surface area contributed by atoms with Gasteiger partial charge in [-0.25, -0.2) is 4.98 Å². The third kappa shape index (κ3) is 2.42. The monoisotopic (exact) mass is 271 g/mol. The number of benzene rings is 1. The van der Waals surface area contributed by atoms with E-state index in [1.807, 2.05) is 18.2 Å². The maximum Gasteiger partial charge on any atom is 0.223 e. The number of imidazole rings is 1. The lowest BCUT2D eigenvalue weighted by atomic mass is 10.1. The van der Waals surface area contributed by atoms with E-state index in [4.69, 9.17) is 0 Å². The van der Waals surface area contributed by atoms with Gasteiger partial charge in [0, 0.05) is 12.5 Å². The molecule has 0 aliphatic heterocycles. The first-order chi connectivity index (χ1) is 9.79. The summed E-state index contributed by atoms with van der Waals surface area (Å²) in [4.78, 5) is 16.7. The SMILES string of the molecule is CCn1c(CNC(=O)C2CCCC2)nc2ccccc21. The zero-order valence-corrected chi connectivity index (χ0v) is 11.9. The lowest BCUT2D eigenvalue weighted by Crippen LogP contribution is -2.29. The van der Waals surface area contributed by atoms with Crippen LogP contribution < -0.4 is 5.32 Å². The van der Waals surface area contributed by atoms with Crippen molar-refractivity contribution in [2.75, 3.05) is 0 Å². The molecule has 4 nitrogen and oxygen atoms in total. The van der Waals surface area contributed by atoms with Crippen LogP contribution in [0.4, 0.5) is 0 Å². The quantitative estimate of drug-likeness (QED) is 0.929. The number of hydrogen-bond donors (Lipinski definition) is 1. The van der Waals surface area contributed by atoms with Crippen LogP contribution >= 0.6 is 0 Å². The number of nitrogens with one attached hydrogen (secondary N) is 1. The molecule has 4 heteroatoms. The molecule has 0 saturated heterocycles. The minimum atomic E-state index is 0.192. The Morgan fingerprint density at radius 1 is 1.35 bits per heavy atom. The molecule has 2 aromatic rings. The Bertz CT molecular complexity index is 611. The molecule has 1 amide bonds. The van der Waals surface area contributed by atoms with Crippen LogP contribution in [0.25, 0.3) is 11.0 Å². The van der Waals surface area contributed by atoms with Crippen LogP contribution in [-0.2, 0) is 17.9 Å². The lowest BCUT2D eigenvalue weighted by molar-refractivity contribution is -0.125. The van der Waals surface area contributed by atoms with Gasteiger partial charge in [0.15, 0.2) is 0 Å². The summed E-state index contributed by atoms with van der Waals surface area (Å²) in [5, 5.41) is 3.05. The summed E-state index contributed by atoms with van der Waals surface area (Å²) in [5.74, 6) is 1.35. The number of aryl methyl sites for hydroxylation is 1. The zero-order chi connectivity index (χ0) is 13.9. The second kappa shape index (κ2) is 5.65.